The standard InChI is InChI=1S/C19H30O3/c1-9-16(13-11-12-15(3)4)22-17(20)18(5,6)14-21-19(7,8)10-2/h9,11,13H,1,10,14H2,2-8H3/b16-13+. The minimum Gasteiger partial charge on any atom is -0.426 e. The lowest BCUT2D eigenvalue weighted by Crippen LogP contribution is -2.36. The first kappa shape index (κ1) is 20.4. The van der Waals surface area contributed by atoms with E-state index in [9.17, 15) is 4.79 Å². The van der Waals surface area contributed by atoms with Gasteiger partial charge >= 0.3 is 5.97 Å². The Kier molecular flexibility index (Phi) is 8.15. The van der Waals surface area contributed by atoms with E-state index in [1.165, 1.54) is 6.08 Å². The third-order valence-electron chi connectivity index (χ3n) is 3.26. The van der Waals surface area contributed by atoms with Gasteiger partial charge in [0.2, 0.25) is 0 Å². The summed E-state index contributed by atoms with van der Waals surface area (Å²) in [6.07, 6.45) is 5.77. The molecule has 0 aliphatic heterocycles. The minimum absolute atomic E-state index is 0.249. The Hall–Kier alpha value is -1.57. The van der Waals surface area contributed by atoms with E-state index in [2.05, 4.69) is 19.2 Å². The molecule has 0 atom stereocenters. The lowest BCUT2D eigenvalue weighted by Gasteiger charge is -2.29. The molecule has 3 nitrogen and oxygen atoms in total. The van der Waals surface area contributed by atoms with Crippen LogP contribution in [0.25, 0.3) is 0 Å². The Morgan fingerprint density at radius 3 is 2.27 bits per heavy atom. The zero-order chi connectivity index (χ0) is 17.4. The highest BCUT2D eigenvalue weighted by atomic mass is 16.5. The highest BCUT2D eigenvalue weighted by Gasteiger charge is 2.32. The molecule has 0 rings (SSSR count). The highest BCUT2D eigenvalue weighted by Crippen LogP contribution is 2.24. The van der Waals surface area contributed by atoms with Crippen molar-refractivity contribution in [2.75, 3.05) is 6.61 Å². The molecular formula is C19H30O3. The number of hydrogen-bond donors (Lipinski definition) is 0. The second-order valence-electron chi connectivity index (χ2n) is 6.76. The first-order valence-corrected chi connectivity index (χ1v) is 7.63. The van der Waals surface area contributed by atoms with Crippen LogP contribution in [0.5, 0.6) is 0 Å². The van der Waals surface area contributed by atoms with E-state index in [-0.39, 0.29) is 11.6 Å². The number of carbonyl (C=O) groups excluding carboxylic acids is 1. The Morgan fingerprint density at radius 1 is 1.23 bits per heavy atom. The molecule has 3 heteroatoms. The Balaban J connectivity index is 4.86. The fraction of sp³-hybridized carbons (Fsp3) is 0.579. The molecular weight excluding hydrogens is 276 g/mol. The van der Waals surface area contributed by atoms with Crippen molar-refractivity contribution in [3.63, 3.8) is 0 Å². The van der Waals surface area contributed by atoms with Crippen LogP contribution in [0.4, 0.5) is 0 Å². The molecule has 0 radical (unpaired) electrons. The maximum Gasteiger partial charge on any atom is 0.319 e. The Morgan fingerprint density at radius 2 is 1.82 bits per heavy atom. The smallest absolute Gasteiger partial charge is 0.319 e. The molecule has 0 saturated heterocycles. The second-order valence-corrected chi connectivity index (χ2v) is 6.76. The number of carbonyl (C=O) groups is 1. The lowest BCUT2D eigenvalue weighted by molar-refractivity contribution is -0.156. The predicted octanol–water partition coefficient (Wildman–Crippen LogP) is 4.95. The monoisotopic (exact) mass is 306 g/mol. The van der Waals surface area contributed by atoms with Crippen molar-refractivity contribution in [3.8, 4) is 0 Å². The average Bonchev–Trinajstić information content (AvgIpc) is 2.43. The summed E-state index contributed by atoms with van der Waals surface area (Å²) in [6, 6.07) is 0. The number of ether oxygens (including phenoxy) is 2. The van der Waals surface area contributed by atoms with Gasteiger partial charge in [-0.3, -0.25) is 4.79 Å². The summed E-state index contributed by atoms with van der Waals surface area (Å²) in [5, 5.41) is 0. The quantitative estimate of drug-likeness (QED) is 0.275. The number of allylic oxidation sites excluding steroid dienone is 3. The zero-order valence-electron chi connectivity index (χ0n) is 15.1. The summed E-state index contributed by atoms with van der Waals surface area (Å²) < 4.78 is 11.2. The average molecular weight is 306 g/mol. The van der Waals surface area contributed by atoms with Gasteiger partial charge in [-0.25, -0.2) is 0 Å². The van der Waals surface area contributed by atoms with E-state index in [0.717, 1.165) is 12.0 Å². The molecule has 0 heterocycles. The molecule has 0 spiro atoms. The van der Waals surface area contributed by atoms with Crippen LogP contribution in [-0.2, 0) is 14.3 Å². The van der Waals surface area contributed by atoms with Crippen molar-refractivity contribution >= 4 is 5.97 Å². The summed E-state index contributed by atoms with van der Waals surface area (Å²) in [4.78, 5) is 12.3. The molecule has 0 aliphatic rings. The van der Waals surface area contributed by atoms with E-state index in [0.29, 0.717) is 12.4 Å². The summed E-state index contributed by atoms with van der Waals surface area (Å²) >= 11 is 0. The van der Waals surface area contributed by atoms with Crippen LogP contribution >= 0.6 is 0 Å². The molecule has 0 aliphatic carbocycles. The molecule has 0 unspecified atom stereocenters. The van der Waals surface area contributed by atoms with Gasteiger partial charge in [0.1, 0.15) is 5.76 Å². The maximum absolute atomic E-state index is 12.3. The molecule has 0 fully saturated rings. The molecule has 0 saturated carbocycles. The molecule has 0 aromatic heterocycles. The van der Waals surface area contributed by atoms with Crippen molar-refractivity contribution in [3.05, 3.63) is 41.9 Å². The van der Waals surface area contributed by atoms with Crippen LogP contribution in [0.2, 0.25) is 0 Å². The Bertz CT molecular complexity index is 483. The first-order chi connectivity index (χ1) is 10.0. The SMILES string of the molecule is C=C/C(=C\C=C=C(C)C)OC(=O)C(C)(C)COC(C)(C)CC. The van der Waals surface area contributed by atoms with E-state index in [4.69, 9.17) is 9.47 Å². The topological polar surface area (TPSA) is 35.5 Å². The molecule has 0 aromatic carbocycles. The third-order valence-corrected chi connectivity index (χ3v) is 3.26. The van der Waals surface area contributed by atoms with Gasteiger partial charge < -0.3 is 9.47 Å². The number of rotatable bonds is 8. The Labute approximate surface area is 135 Å². The molecule has 124 valence electrons. The number of hydrogen-bond acceptors (Lipinski definition) is 3. The minimum atomic E-state index is -0.727. The van der Waals surface area contributed by atoms with Gasteiger partial charge in [-0.1, -0.05) is 13.5 Å². The van der Waals surface area contributed by atoms with Crippen LogP contribution in [0.1, 0.15) is 54.9 Å². The lowest BCUT2D eigenvalue weighted by atomic mass is 9.94. The summed E-state index contributed by atoms with van der Waals surface area (Å²) in [7, 11) is 0. The van der Waals surface area contributed by atoms with Crippen molar-refractivity contribution in [1.29, 1.82) is 0 Å². The van der Waals surface area contributed by atoms with Crippen LogP contribution in [0.3, 0.4) is 0 Å². The molecule has 22 heavy (non-hydrogen) atoms. The van der Waals surface area contributed by atoms with Crippen LogP contribution in [-0.4, -0.2) is 18.2 Å². The largest absolute Gasteiger partial charge is 0.426 e. The molecule has 0 amide bonds. The molecule has 0 aromatic rings. The maximum atomic E-state index is 12.3. The van der Waals surface area contributed by atoms with Gasteiger partial charge in [0, 0.05) is 0 Å². The van der Waals surface area contributed by atoms with Gasteiger partial charge in [0.15, 0.2) is 0 Å². The van der Waals surface area contributed by atoms with Crippen LogP contribution in [0, 0.1) is 5.41 Å². The van der Waals surface area contributed by atoms with Gasteiger partial charge in [-0.2, -0.15) is 0 Å². The normalized spacial score (nSPS) is 12.4. The zero-order valence-corrected chi connectivity index (χ0v) is 15.1. The van der Waals surface area contributed by atoms with Crippen LogP contribution < -0.4 is 0 Å². The third kappa shape index (κ3) is 8.02. The van der Waals surface area contributed by atoms with Crippen LogP contribution in [0.15, 0.2) is 41.9 Å². The van der Waals surface area contributed by atoms with E-state index in [1.807, 2.05) is 41.5 Å². The highest BCUT2D eigenvalue weighted by molar-refractivity contribution is 5.77. The van der Waals surface area contributed by atoms with Gasteiger partial charge in [-0.05, 0) is 71.8 Å². The van der Waals surface area contributed by atoms with E-state index >= 15 is 0 Å². The summed E-state index contributed by atoms with van der Waals surface area (Å²) in [5.74, 6) is 0.0673. The van der Waals surface area contributed by atoms with Gasteiger partial charge in [-0.15, -0.1) is 5.73 Å². The van der Waals surface area contributed by atoms with Gasteiger partial charge in [0.05, 0.1) is 17.6 Å². The van der Waals surface area contributed by atoms with Crippen molar-refractivity contribution in [1.82, 2.24) is 0 Å². The predicted molar refractivity (Wildman–Crippen MR) is 91.4 cm³/mol. The number of esters is 1. The summed E-state index contributed by atoms with van der Waals surface area (Å²) in [5.41, 5.74) is 3.09. The molecule has 0 bridgehead atoms. The van der Waals surface area contributed by atoms with Crippen molar-refractivity contribution in [2.24, 2.45) is 5.41 Å². The van der Waals surface area contributed by atoms with E-state index < -0.39 is 5.41 Å². The molecule has 0 N–H and O–H groups in total. The second kappa shape index (κ2) is 8.77. The van der Waals surface area contributed by atoms with Crippen molar-refractivity contribution in [2.45, 2.75) is 60.5 Å². The summed E-state index contributed by atoms with van der Waals surface area (Å²) in [6.45, 7) is 17.6. The first-order valence-electron chi connectivity index (χ1n) is 7.63. The van der Waals surface area contributed by atoms with E-state index in [1.54, 1.807) is 12.2 Å². The van der Waals surface area contributed by atoms with Gasteiger partial charge in [0.25, 0.3) is 0 Å². The fourth-order valence-corrected chi connectivity index (χ4v) is 1.22. The van der Waals surface area contributed by atoms with Crippen molar-refractivity contribution < 1.29 is 14.3 Å². The fourth-order valence-electron chi connectivity index (χ4n) is 1.22.